The highest BCUT2D eigenvalue weighted by atomic mass is 15.1. The highest BCUT2D eigenvalue weighted by molar-refractivity contribution is 5.81. The summed E-state index contributed by atoms with van der Waals surface area (Å²) in [5.41, 5.74) is 7.30. The van der Waals surface area contributed by atoms with E-state index in [1.165, 1.54) is 12.7 Å². The van der Waals surface area contributed by atoms with Gasteiger partial charge in [-0.05, 0) is 18.8 Å². The minimum atomic E-state index is 0.347. The first-order chi connectivity index (χ1) is 8.29. The molecular weight excluding hydrogens is 214 g/mol. The van der Waals surface area contributed by atoms with Crippen molar-refractivity contribution in [2.75, 3.05) is 5.73 Å². The summed E-state index contributed by atoms with van der Waals surface area (Å²) in [6.45, 7) is 2.21. The Labute approximate surface area is 99.4 Å². The quantitative estimate of drug-likeness (QED) is 0.799. The molecule has 0 fully saturated rings. The molecule has 3 rings (SSSR count). The molecule has 0 saturated carbocycles. The molecule has 0 saturated heterocycles. The summed E-state index contributed by atoms with van der Waals surface area (Å²) in [4.78, 5) is 12.5. The Morgan fingerprint density at radius 1 is 1.35 bits per heavy atom. The van der Waals surface area contributed by atoms with E-state index >= 15 is 0 Å². The number of nitrogens with two attached hydrogens (primary N) is 1. The van der Waals surface area contributed by atoms with E-state index in [4.69, 9.17) is 5.73 Å². The molecule has 5 nitrogen and oxygen atoms in total. The van der Waals surface area contributed by atoms with Gasteiger partial charge in [0.25, 0.3) is 0 Å². The van der Waals surface area contributed by atoms with Crippen molar-refractivity contribution in [1.29, 1.82) is 0 Å². The van der Waals surface area contributed by atoms with Gasteiger partial charge in [-0.2, -0.15) is 0 Å². The van der Waals surface area contributed by atoms with Crippen molar-refractivity contribution in [1.82, 2.24) is 19.5 Å². The Morgan fingerprint density at radius 3 is 3.00 bits per heavy atom. The van der Waals surface area contributed by atoms with Crippen LogP contribution in [0.1, 0.15) is 25.8 Å². The summed E-state index contributed by atoms with van der Waals surface area (Å²) in [5.74, 6) is 1.11. The molecule has 0 spiro atoms. The van der Waals surface area contributed by atoms with Crippen LogP contribution in [-0.4, -0.2) is 19.5 Å². The van der Waals surface area contributed by atoms with Crippen molar-refractivity contribution in [2.45, 2.75) is 25.8 Å². The van der Waals surface area contributed by atoms with E-state index in [0.29, 0.717) is 23.3 Å². The zero-order valence-electron chi connectivity index (χ0n) is 9.74. The van der Waals surface area contributed by atoms with Crippen LogP contribution in [0.4, 0.5) is 5.82 Å². The Balaban J connectivity index is 2.02. The van der Waals surface area contributed by atoms with Gasteiger partial charge < -0.3 is 10.3 Å². The van der Waals surface area contributed by atoms with E-state index in [1.54, 1.807) is 0 Å². The topological polar surface area (TPSA) is 69.6 Å². The Kier molecular flexibility index (Phi) is 2.31. The van der Waals surface area contributed by atoms with Gasteiger partial charge >= 0.3 is 0 Å². The minimum Gasteiger partial charge on any atom is -0.382 e. The first-order valence-corrected chi connectivity index (χ1v) is 5.91. The van der Waals surface area contributed by atoms with Gasteiger partial charge in [-0.15, -0.1) is 0 Å². The van der Waals surface area contributed by atoms with Gasteiger partial charge in [-0.1, -0.05) is 19.1 Å². The van der Waals surface area contributed by atoms with E-state index < -0.39 is 0 Å². The average molecular weight is 229 g/mol. The third-order valence-corrected chi connectivity index (χ3v) is 3.42. The largest absolute Gasteiger partial charge is 0.382 e. The zero-order chi connectivity index (χ0) is 11.8. The molecule has 0 radical (unpaired) electrons. The second-order valence-electron chi connectivity index (χ2n) is 4.44. The van der Waals surface area contributed by atoms with Crippen LogP contribution in [-0.2, 0) is 0 Å². The number of imidazole rings is 1. The lowest BCUT2D eigenvalue weighted by Crippen LogP contribution is -2.06. The van der Waals surface area contributed by atoms with Crippen LogP contribution < -0.4 is 5.73 Å². The third-order valence-electron chi connectivity index (χ3n) is 3.42. The van der Waals surface area contributed by atoms with Gasteiger partial charge in [-0.3, -0.25) is 0 Å². The van der Waals surface area contributed by atoms with Crippen molar-refractivity contribution < 1.29 is 0 Å². The first-order valence-electron chi connectivity index (χ1n) is 5.91. The molecular formula is C12H15N5. The third kappa shape index (κ3) is 1.58. The zero-order valence-corrected chi connectivity index (χ0v) is 9.74. The molecule has 17 heavy (non-hydrogen) atoms. The molecule has 2 aromatic heterocycles. The van der Waals surface area contributed by atoms with E-state index in [-0.39, 0.29) is 0 Å². The van der Waals surface area contributed by atoms with E-state index in [2.05, 4.69) is 38.6 Å². The highest BCUT2D eigenvalue weighted by Crippen LogP contribution is 2.31. The summed E-state index contributed by atoms with van der Waals surface area (Å²) in [7, 11) is 0. The number of hydrogen-bond acceptors (Lipinski definition) is 4. The van der Waals surface area contributed by atoms with Crippen LogP contribution in [0.5, 0.6) is 0 Å². The number of anilines is 1. The van der Waals surface area contributed by atoms with E-state index in [1.807, 2.05) is 6.33 Å². The molecule has 2 aromatic rings. The maximum Gasteiger partial charge on any atom is 0.165 e. The molecule has 1 aliphatic rings. The normalized spacial score (nSPS) is 23.6. The lowest BCUT2D eigenvalue weighted by atomic mass is 10.1. The smallest absolute Gasteiger partial charge is 0.165 e. The number of allylic oxidation sites excluding steroid dienone is 2. The molecule has 0 aliphatic heterocycles. The van der Waals surface area contributed by atoms with Crippen molar-refractivity contribution in [3.63, 3.8) is 0 Å². The fourth-order valence-electron chi connectivity index (χ4n) is 2.37. The summed E-state index contributed by atoms with van der Waals surface area (Å²) in [6.07, 6.45) is 10.1. The first kappa shape index (κ1) is 10.3. The molecule has 0 bridgehead atoms. The molecule has 2 heterocycles. The molecule has 0 amide bonds. The lowest BCUT2D eigenvalue weighted by molar-refractivity contribution is 0.502. The summed E-state index contributed by atoms with van der Waals surface area (Å²) in [6, 6.07) is 0.347. The van der Waals surface area contributed by atoms with Crippen molar-refractivity contribution in [2.24, 2.45) is 5.92 Å². The molecule has 2 atom stereocenters. The lowest BCUT2D eigenvalue weighted by Gasteiger charge is -2.12. The summed E-state index contributed by atoms with van der Waals surface area (Å²) < 4.78 is 2.08. The van der Waals surface area contributed by atoms with Gasteiger partial charge in [-0.25, -0.2) is 15.0 Å². The molecule has 2 unspecified atom stereocenters. The number of nitrogens with zero attached hydrogens (tertiary/aromatic N) is 4. The Hall–Kier alpha value is -1.91. The predicted molar refractivity (Wildman–Crippen MR) is 66.3 cm³/mol. The Bertz CT molecular complexity index is 571. The van der Waals surface area contributed by atoms with Crippen molar-refractivity contribution >= 4 is 17.0 Å². The van der Waals surface area contributed by atoms with Gasteiger partial charge in [0.05, 0.1) is 12.4 Å². The number of hydrogen-bond donors (Lipinski definition) is 1. The second kappa shape index (κ2) is 3.84. The second-order valence-corrected chi connectivity index (χ2v) is 4.44. The molecule has 88 valence electrons. The van der Waals surface area contributed by atoms with Crippen LogP contribution in [0.3, 0.4) is 0 Å². The fourth-order valence-corrected chi connectivity index (χ4v) is 2.37. The van der Waals surface area contributed by atoms with Gasteiger partial charge in [0.2, 0.25) is 0 Å². The predicted octanol–water partition coefficient (Wildman–Crippen LogP) is 1.94. The number of fused-ring (bicyclic) bond motifs is 1. The standard InChI is InChI=1S/C12H15N5/c1-2-8-3-4-9(5-8)17-7-16-10-11(13)14-6-15-12(10)17/h3-4,6-9H,2,5H2,1H3,(H2,13,14,15). The van der Waals surface area contributed by atoms with Crippen LogP contribution in [0.25, 0.3) is 11.2 Å². The number of rotatable bonds is 2. The Morgan fingerprint density at radius 2 is 2.24 bits per heavy atom. The van der Waals surface area contributed by atoms with Gasteiger partial charge in [0.1, 0.15) is 11.8 Å². The van der Waals surface area contributed by atoms with Crippen LogP contribution in [0, 0.1) is 5.92 Å². The van der Waals surface area contributed by atoms with Gasteiger partial charge in [0.15, 0.2) is 11.5 Å². The molecule has 5 heteroatoms. The summed E-state index contributed by atoms with van der Waals surface area (Å²) in [5, 5.41) is 0. The molecule has 0 aromatic carbocycles. The van der Waals surface area contributed by atoms with Crippen LogP contribution >= 0.6 is 0 Å². The fraction of sp³-hybridized carbons (Fsp3) is 0.417. The number of nitrogen functional groups attached to an aromatic ring is 1. The van der Waals surface area contributed by atoms with Crippen molar-refractivity contribution in [3.05, 3.63) is 24.8 Å². The molecule has 1 aliphatic carbocycles. The van der Waals surface area contributed by atoms with E-state index in [0.717, 1.165) is 12.1 Å². The van der Waals surface area contributed by atoms with Gasteiger partial charge in [0, 0.05) is 0 Å². The summed E-state index contributed by atoms with van der Waals surface area (Å²) >= 11 is 0. The van der Waals surface area contributed by atoms with E-state index in [9.17, 15) is 0 Å². The molecule has 2 N–H and O–H groups in total. The van der Waals surface area contributed by atoms with Crippen molar-refractivity contribution in [3.8, 4) is 0 Å². The van der Waals surface area contributed by atoms with Crippen LogP contribution in [0.15, 0.2) is 24.8 Å². The minimum absolute atomic E-state index is 0.347. The average Bonchev–Trinajstić information content (AvgIpc) is 2.94. The van der Waals surface area contributed by atoms with Crippen LogP contribution in [0.2, 0.25) is 0 Å². The SMILES string of the molecule is CCC1C=CC(n2cnc3c(N)ncnc32)C1. The highest BCUT2D eigenvalue weighted by Gasteiger charge is 2.21. The maximum absolute atomic E-state index is 5.78. The monoisotopic (exact) mass is 229 g/mol. The maximum atomic E-state index is 5.78. The number of aromatic nitrogens is 4.